The molecule has 0 N–H and O–H groups in total. The van der Waals surface area contributed by atoms with E-state index in [1.54, 1.807) is 21.7 Å². The van der Waals surface area contributed by atoms with Gasteiger partial charge in [0.05, 0.1) is 10.7 Å². The van der Waals surface area contributed by atoms with Crippen molar-refractivity contribution in [2.45, 2.75) is 27.3 Å². The Labute approximate surface area is 180 Å². The third-order valence-electron chi connectivity index (χ3n) is 4.53. The molecule has 3 aromatic rings. The third-order valence-corrected chi connectivity index (χ3v) is 4.83. The number of hydrogen-bond donors (Lipinski definition) is 0. The van der Waals surface area contributed by atoms with Gasteiger partial charge in [-0.15, -0.1) is 0 Å². The summed E-state index contributed by atoms with van der Waals surface area (Å²) in [4.78, 5) is 31.0. The van der Waals surface area contributed by atoms with Crippen LogP contribution in [-0.2, 0) is 16.1 Å². The molecule has 0 aliphatic rings. The van der Waals surface area contributed by atoms with Crippen molar-refractivity contribution < 1.29 is 14.3 Å². The second-order valence-corrected chi connectivity index (χ2v) is 7.22. The van der Waals surface area contributed by atoms with Crippen LogP contribution in [0.2, 0.25) is 5.02 Å². The second kappa shape index (κ2) is 9.54. The molecule has 1 aromatic carbocycles. The minimum atomic E-state index is -0.757. The van der Waals surface area contributed by atoms with Gasteiger partial charge in [-0.05, 0) is 44.5 Å². The number of pyridine rings is 1. The molecule has 2 heterocycles. The number of halogens is 1. The smallest absolute Gasteiger partial charge is 0.359 e. The van der Waals surface area contributed by atoms with Gasteiger partial charge in [-0.3, -0.25) is 4.79 Å². The molecule has 1 amide bonds. The first-order chi connectivity index (χ1) is 14.4. The molecule has 3 rings (SSSR count). The normalized spacial score (nSPS) is 10.7. The monoisotopic (exact) mass is 426 g/mol. The van der Waals surface area contributed by atoms with Gasteiger partial charge in [0.25, 0.3) is 5.91 Å². The van der Waals surface area contributed by atoms with Gasteiger partial charge in [-0.1, -0.05) is 41.9 Å². The number of carbonyl (C=O) groups is 2. The maximum atomic E-state index is 12.5. The molecule has 156 valence electrons. The molecule has 0 bridgehead atoms. The van der Waals surface area contributed by atoms with Gasteiger partial charge in [0.1, 0.15) is 0 Å². The van der Waals surface area contributed by atoms with Crippen LogP contribution in [0.3, 0.4) is 0 Å². The minimum Gasteiger partial charge on any atom is -0.451 e. The molecule has 0 saturated carbocycles. The number of amides is 1. The number of esters is 1. The van der Waals surface area contributed by atoms with Gasteiger partial charge in [-0.2, -0.15) is 5.10 Å². The highest BCUT2D eigenvalue weighted by Gasteiger charge is 2.20. The van der Waals surface area contributed by atoms with E-state index in [-0.39, 0.29) is 23.2 Å². The van der Waals surface area contributed by atoms with Crippen molar-refractivity contribution in [1.29, 1.82) is 0 Å². The summed E-state index contributed by atoms with van der Waals surface area (Å²) in [5.74, 6) is -0.601. The largest absolute Gasteiger partial charge is 0.451 e. The summed E-state index contributed by atoms with van der Waals surface area (Å²) >= 11 is 6.15. The SMILES string of the molecule is CCN(Cc1ccccc1)C(=O)COC(=O)c1nc(-n2nc(C)cc2C)ccc1Cl. The Kier molecular flexibility index (Phi) is 6.84. The van der Waals surface area contributed by atoms with Crippen LogP contribution in [-0.4, -0.2) is 44.7 Å². The standard InChI is InChI=1S/C22H23ClN4O3/c1-4-26(13-17-8-6-5-7-9-17)20(28)14-30-22(29)21-18(23)10-11-19(24-21)27-16(3)12-15(2)25-27/h5-12H,4,13-14H2,1-3H3. The first kappa shape index (κ1) is 21.5. The van der Waals surface area contributed by atoms with E-state index in [1.807, 2.05) is 57.2 Å². The number of carbonyl (C=O) groups excluding carboxylic acids is 2. The van der Waals surface area contributed by atoms with E-state index in [2.05, 4.69) is 10.1 Å². The maximum Gasteiger partial charge on any atom is 0.359 e. The summed E-state index contributed by atoms with van der Waals surface area (Å²) in [6.45, 7) is 6.19. The summed E-state index contributed by atoms with van der Waals surface area (Å²) in [7, 11) is 0. The van der Waals surface area contributed by atoms with E-state index in [1.165, 1.54) is 0 Å². The summed E-state index contributed by atoms with van der Waals surface area (Å²) in [5.41, 5.74) is 2.65. The topological polar surface area (TPSA) is 77.3 Å². The fourth-order valence-electron chi connectivity index (χ4n) is 3.02. The molecule has 2 aromatic heterocycles. The van der Waals surface area contributed by atoms with Crippen LogP contribution in [0.1, 0.15) is 34.4 Å². The molecule has 30 heavy (non-hydrogen) atoms. The zero-order valence-electron chi connectivity index (χ0n) is 17.1. The minimum absolute atomic E-state index is 0.0550. The fourth-order valence-corrected chi connectivity index (χ4v) is 3.20. The predicted octanol–water partition coefficient (Wildman–Crippen LogP) is 3.74. The Bertz CT molecular complexity index is 1050. The van der Waals surface area contributed by atoms with Gasteiger partial charge >= 0.3 is 5.97 Å². The van der Waals surface area contributed by atoms with Crippen LogP contribution < -0.4 is 0 Å². The molecule has 0 saturated heterocycles. The van der Waals surface area contributed by atoms with Crippen molar-refractivity contribution >= 4 is 23.5 Å². The molecule has 0 radical (unpaired) electrons. The zero-order chi connectivity index (χ0) is 21.7. The number of hydrogen-bond acceptors (Lipinski definition) is 5. The lowest BCUT2D eigenvalue weighted by Crippen LogP contribution is -2.34. The molecule has 0 aliphatic heterocycles. The van der Waals surface area contributed by atoms with Crippen molar-refractivity contribution in [3.8, 4) is 5.82 Å². The molecule has 0 spiro atoms. The predicted molar refractivity (Wildman–Crippen MR) is 114 cm³/mol. The molecular weight excluding hydrogens is 404 g/mol. The van der Waals surface area contributed by atoms with Crippen LogP contribution >= 0.6 is 11.6 Å². The lowest BCUT2D eigenvalue weighted by Gasteiger charge is -2.20. The highest BCUT2D eigenvalue weighted by atomic mass is 35.5. The molecule has 0 atom stereocenters. The highest BCUT2D eigenvalue weighted by molar-refractivity contribution is 6.33. The van der Waals surface area contributed by atoms with E-state index in [4.69, 9.17) is 16.3 Å². The van der Waals surface area contributed by atoms with Gasteiger partial charge in [0.2, 0.25) is 0 Å². The van der Waals surface area contributed by atoms with Crippen LogP contribution in [0, 0.1) is 13.8 Å². The van der Waals surface area contributed by atoms with Gasteiger partial charge in [0, 0.05) is 18.8 Å². The van der Waals surface area contributed by atoms with Crippen molar-refractivity contribution in [2.24, 2.45) is 0 Å². The molecule has 8 heteroatoms. The zero-order valence-corrected chi connectivity index (χ0v) is 17.9. The molecule has 0 aliphatic carbocycles. The summed E-state index contributed by atoms with van der Waals surface area (Å²) < 4.78 is 6.83. The maximum absolute atomic E-state index is 12.5. The first-order valence-corrected chi connectivity index (χ1v) is 9.96. The Morgan fingerprint density at radius 3 is 2.50 bits per heavy atom. The van der Waals surface area contributed by atoms with Crippen LogP contribution in [0.5, 0.6) is 0 Å². The average molecular weight is 427 g/mol. The number of ether oxygens (including phenoxy) is 1. The number of likely N-dealkylation sites (N-methyl/N-ethyl adjacent to an activating group) is 1. The summed E-state index contributed by atoms with van der Waals surface area (Å²) in [6.07, 6.45) is 0. The number of nitrogens with zero attached hydrogens (tertiary/aromatic N) is 4. The van der Waals surface area contributed by atoms with Gasteiger partial charge in [0.15, 0.2) is 18.1 Å². The molecule has 0 unspecified atom stereocenters. The summed E-state index contributed by atoms with van der Waals surface area (Å²) in [6, 6.07) is 14.8. The van der Waals surface area contributed by atoms with Crippen molar-refractivity contribution in [3.63, 3.8) is 0 Å². The lowest BCUT2D eigenvalue weighted by molar-refractivity contribution is -0.134. The van der Waals surface area contributed by atoms with E-state index in [0.717, 1.165) is 17.0 Å². The van der Waals surface area contributed by atoms with E-state index in [0.29, 0.717) is 18.9 Å². The molecule has 0 fully saturated rings. The third kappa shape index (κ3) is 5.04. The number of aryl methyl sites for hydroxylation is 2. The van der Waals surface area contributed by atoms with Crippen LogP contribution in [0.4, 0.5) is 0 Å². The second-order valence-electron chi connectivity index (χ2n) is 6.81. The number of aromatic nitrogens is 3. The number of benzene rings is 1. The fraction of sp³-hybridized carbons (Fsp3) is 0.273. The Morgan fingerprint density at radius 1 is 1.13 bits per heavy atom. The van der Waals surface area contributed by atoms with Crippen LogP contribution in [0.15, 0.2) is 48.5 Å². The van der Waals surface area contributed by atoms with E-state index in [9.17, 15) is 9.59 Å². The van der Waals surface area contributed by atoms with E-state index >= 15 is 0 Å². The van der Waals surface area contributed by atoms with Crippen LogP contribution in [0.25, 0.3) is 5.82 Å². The average Bonchev–Trinajstić information content (AvgIpc) is 3.09. The number of rotatable bonds is 7. The van der Waals surface area contributed by atoms with Gasteiger partial charge < -0.3 is 9.64 Å². The quantitative estimate of drug-likeness (QED) is 0.538. The Hall–Kier alpha value is -3.19. The first-order valence-electron chi connectivity index (χ1n) is 9.58. The molecule has 7 nitrogen and oxygen atoms in total. The Balaban J connectivity index is 1.69. The molecular formula is C22H23ClN4O3. The van der Waals surface area contributed by atoms with Gasteiger partial charge in [-0.25, -0.2) is 14.5 Å². The van der Waals surface area contributed by atoms with Crippen molar-refractivity contribution in [3.05, 3.63) is 76.2 Å². The lowest BCUT2D eigenvalue weighted by atomic mass is 10.2. The van der Waals surface area contributed by atoms with E-state index < -0.39 is 5.97 Å². The van der Waals surface area contributed by atoms with Crippen molar-refractivity contribution in [1.82, 2.24) is 19.7 Å². The highest BCUT2D eigenvalue weighted by Crippen LogP contribution is 2.18. The van der Waals surface area contributed by atoms with Crippen molar-refractivity contribution in [2.75, 3.05) is 13.2 Å². The summed E-state index contributed by atoms with van der Waals surface area (Å²) in [5, 5.41) is 4.50. The Morgan fingerprint density at radius 2 is 1.87 bits per heavy atom.